The summed E-state index contributed by atoms with van der Waals surface area (Å²) in [6.45, 7) is 2.96. The fraction of sp³-hybridized carbons (Fsp3) is 0.357. The van der Waals surface area contributed by atoms with Crippen LogP contribution in [-0.2, 0) is 10.0 Å². The molecule has 0 aliphatic carbocycles. The van der Waals surface area contributed by atoms with E-state index < -0.39 is 21.2 Å². The maximum absolute atomic E-state index is 12.6. The van der Waals surface area contributed by atoms with Crippen molar-refractivity contribution in [3.8, 4) is 0 Å². The molecule has 114 valence electrons. The lowest BCUT2D eigenvalue weighted by molar-refractivity contribution is 0.138. The van der Waals surface area contributed by atoms with Gasteiger partial charge in [-0.2, -0.15) is 4.31 Å². The zero-order valence-electron chi connectivity index (χ0n) is 12.0. The van der Waals surface area contributed by atoms with Crippen LogP contribution in [-0.4, -0.2) is 37.0 Å². The van der Waals surface area contributed by atoms with Gasteiger partial charge >= 0.3 is 5.63 Å². The molecule has 0 spiro atoms. The van der Waals surface area contributed by atoms with Gasteiger partial charge in [0.25, 0.3) is 0 Å². The Bertz CT molecular complexity index is 823. The molecule has 1 aromatic heterocycles. The summed E-state index contributed by atoms with van der Waals surface area (Å²) in [5.74, 6) is 0. The highest BCUT2D eigenvalue weighted by Crippen LogP contribution is 2.25. The lowest BCUT2D eigenvalue weighted by Crippen LogP contribution is -2.47. The number of nitrogens with zero attached hydrogens (tertiary/aromatic N) is 1. The van der Waals surface area contributed by atoms with E-state index in [1.807, 2.05) is 0 Å². The van der Waals surface area contributed by atoms with Crippen molar-refractivity contribution >= 4 is 21.0 Å². The van der Waals surface area contributed by atoms with Crippen molar-refractivity contribution in [2.24, 2.45) is 0 Å². The Morgan fingerprint density at radius 3 is 2.52 bits per heavy atom. The van der Waals surface area contributed by atoms with Crippen LogP contribution in [0.25, 0.3) is 11.0 Å². The standard InChI is InChI=1S/C14H17NO5S/c1-14(2,9-16)15(3)21(18,19)11-5-6-12-10(8-11)4-7-13(17)20-12/h4-8,16H,9H2,1-3H3. The summed E-state index contributed by atoms with van der Waals surface area (Å²) in [7, 11) is -2.34. The molecule has 0 unspecified atom stereocenters. The third-order valence-corrected chi connectivity index (χ3v) is 5.55. The second-order valence-corrected chi connectivity index (χ2v) is 7.37. The zero-order valence-corrected chi connectivity index (χ0v) is 12.8. The molecule has 2 rings (SSSR count). The summed E-state index contributed by atoms with van der Waals surface area (Å²) in [5.41, 5.74) is -1.08. The maximum atomic E-state index is 12.6. The summed E-state index contributed by atoms with van der Waals surface area (Å²) in [6, 6.07) is 7.02. The van der Waals surface area contributed by atoms with Crippen LogP contribution in [0.5, 0.6) is 0 Å². The van der Waals surface area contributed by atoms with Gasteiger partial charge in [0.2, 0.25) is 10.0 Å². The molecular formula is C14H17NO5S. The molecule has 0 saturated carbocycles. The first kappa shape index (κ1) is 15.7. The van der Waals surface area contributed by atoms with Crippen LogP contribution in [0.2, 0.25) is 0 Å². The van der Waals surface area contributed by atoms with E-state index in [0.717, 1.165) is 4.31 Å². The summed E-state index contributed by atoms with van der Waals surface area (Å²) in [5, 5.41) is 9.84. The van der Waals surface area contributed by atoms with Crippen molar-refractivity contribution in [2.75, 3.05) is 13.7 Å². The topological polar surface area (TPSA) is 87.8 Å². The minimum Gasteiger partial charge on any atom is -0.423 e. The molecule has 7 heteroatoms. The monoisotopic (exact) mass is 311 g/mol. The Labute approximate surface area is 122 Å². The number of hydrogen-bond donors (Lipinski definition) is 1. The molecular weight excluding hydrogens is 294 g/mol. The molecule has 2 aromatic rings. The van der Waals surface area contributed by atoms with Crippen molar-refractivity contribution < 1.29 is 17.9 Å². The van der Waals surface area contributed by atoms with Crippen LogP contribution < -0.4 is 5.63 Å². The number of likely N-dealkylation sites (N-methyl/N-ethyl adjacent to an activating group) is 1. The molecule has 0 bridgehead atoms. The van der Waals surface area contributed by atoms with Crippen molar-refractivity contribution in [3.63, 3.8) is 0 Å². The molecule has 1 heterocycles. The molecule has 0 aliphatic heterocycles. The molecule has 6 nitrogen and oxygen atoms in total. The number of aliphatic hydroxyl groups is 1. The second-order valence-electron chi connectivity index (χ2n) is 5.40. The molecule has 0 saturated heterocycles. The normalized spacial score (nSPS) is 13.0. The van der Waals surface area contributed by atoms with Gasteiger partial charge in [-0.15, -0.1) is 0 Å². The summed E-state index contributed by atoms with van der Waals surface area (Å²) in [4.78, 5) is 11.2. The van der Waals surface area contributed by atoms with E-state index in [1.54, 1.807) is 13.8 Å². The number of sulfonamides is 1. The number of benzene rings is 1. The summed E-state index contributed by atoms with van der Waals surface area (Å²) >= 11 is 0. The van der Waals surface area contributed by atoms with Gasteiger partial charge < -0.3 is 9.52 Å². The van der Waals surface area contributed by atoms with Crippen molar-refractivity contribution in [1.82, 2.24) is 4.31 Å². The molecule has 0 radical (unpaired) electrons. The third-order valence-electron chi connectivity index (χ3n) is 3.49. The Balaban J connectivity index is 2.55. The summed E-state index contributed by atoms with van der Waals surface area (Å²) < 4.78 is 31.2. The average molecular weight is 311 g/mol. The Hall–Kier alpha value is -1.70. The van der Waals surface area contributed by atoms with Crippen molar-refractivity contribution in [1.29, 1.82) is 0 Å². The van der Waals surface area contributed by atoms with Crippen molar-refractivity contribution in [3.05, 3.63) is 40.8 Å². The number of aliphatic hydroxyl groups excluding tert-OH is 1. The van der Waals surface area contributed by atoms with Gasteiger partial charge in [0.15, 0.2) is 0 Å². The first-order valence-corrected chi connectivity index (χ1v) is 7.76. The van der Waals surface area contributed by atoms with E-state index >= 15 is 0 Å². The van der Waals surface area contributed by atoms with Gasteiger partial charge in [-0.05, 0) is 38.1 Å². The van der Waals surface area contributed by atoms with Crippen LogP contribution in [0.3, 0.4) is 0 Å². The minimum atomic E-state index is -3.76. The zero-order chi connectivity index (χ0) is 15.8. The van der Waals surface area contributed by atoms with E-state index in [0.29, 0.717) is 11.0 Å². The smallest absolute Gasteiger partial charge is 0.336 e. The van der Waals surface area contributed by atoms with Crippen molar-refractivity contribution in [2.45, 2.75) is 24.3 Å². The molecule has 0 amide bonds. The Morgan fingerprint density at radius 1 is 1.24 bits per heavy atom. The van der Waals surface area contributed by atoms with Gasteiger partial charge in [0, 0.05) is 18.5 Å². The quantitative estimate of drug-likeness (QED) is 0.857. The van der Waals surface area contributed by atoms with Crippen LogP contribution in [0.15, 0.2) is 44.4 Å². The minimum absolute atomic E-state index is 0.0767. The van der Waals surface area contributed by atoms with Crippen LogP contribution in [0, 0.1) is 0 Å². The van der Waals surface area contributed by atoms with Gasteiger partial charge in [-0.1, -0.05) is 0 Å². The average Bonchev–Trinajstić information content (AvgIpc) is 2.45. The maximum Gasteiger partial charge on any atom is 0.336 e. The molecule has 1 aromatic carbocycles. The van der Waals surface area contributed by atoms with E-state index in [4.69, 9.17) is 4.42 Å². The van der Waals surface area contributed by atoms with E-state index in [1.165, 1.54) is 37.4 Å². The van der Waals surface area contributed by atoms with Crippen LogP contribution in [0.1, 0.15) is 13.8 Å². The van der Waals surface area contributed by atoms with E-state index in [-0.39, 0.29) is 11.5 Å². The van der Waals surface area contributed by atoms with Gasteiger partial charge in [0.1, 0.15) is 5.58 Å². The number of rotatable bonds is 4. The Kier molecular flexibility index (Phi) is 3.92. The largest absolute Gasteiger partial charge is 0.423 e. The highest BCUT2D eigenvalue weighted by Gasteiger charge is 2.33. The Morgan fingerprint density at radius 2 is 1.90 bits per heavy atom. The first-order valence-electron chi connectivity index (χ1n) is 6.32. The van der Waals surface area contributed by atoms with Gasteiger partial charge in [-0.25, -0.2) is 13.2 Å². The number of hydrogen-bond acceptors (Lipinski definition) is 5. The van der Waals surface area contributed by atoms with Crippen LogP contribution >= 0.6 is 0 Å². The highest BCUT2D eigenvalue weighted by atomic mass is 32.2. The molecule has 0 atom stereocenters. The van der Waals surface area contributed by atoms with Gasteiger partial charge in [0.05, 0.1) is 17.0 Å². The molecule has 0 aliphatic rings. The predicted octanol–water partition coefficient (Wildman–Crippen LogP) is 1.18. The lowest BCUT2D eigenvalue weighted by atomic mass is 10.1. The lowest BCUT2D eigenvalue weighted by Gasteiger charge is -2.32. The molecule has 21 heavy (non-hydrogen) atoms. The molecule has 1 N–H and O–H groups in total. The SMILES string of the molecule is CN(C(C)(C)CO)S(=O)(=O)c1ccc2oc(=O)ccc2c1. The second kappa shape index (κ2) is 5.25. The van der Waals surface area contributed by atoms with E-state index in [2.05, 4.69) is 0 Å². The fourth-order valence-electron chi connectivity index (χ4n) is 1.79. The number of fused-ring (bicyclic) bond motifs is 1. The van der Waals surface area contributed by atoms with Crippen LogP contribution in [0.4, 0.5) is 0 Å². The third kappa shape index (κ3) is 2.85. The summed E-state index contributed by atoms with van der Waals surface area (Å²) in [6.07, 6.45) is 0. The predicted molar refractivity (Wildman–Crippen MR) is 78.6 cm³/mol. The highest BCUT2D eigenvalue weighted by molar-refractivity contribution is 7.89. The molecule has 0 fully saturated rings. The fourth-order valence-corrected chi connectivity index (χ4v) is 3.33. The van der Waals surface area contributed by atoms with Gasteiger partial charge in [-0.3, -0.25) is 0 Å². The van der Waals surface area contributed by atoms with E-state index in [9.17, 15) is 18.3 Å². The first-order chi connectivity index (χ1) is 9.68.